The maximum Gasteiger partial charge on any atom is 0.243 e. The van der Waals surface area contributed by atoms with E-state index in [0.717, 1.165) is 37.7 Å². The Bertz CT molecular complexity index is 1820. The Morgan fingerprint density at radius 1 is 0.756 bits per heavy atom. The molecule has 10 nitrogen and oxygen atoms in total. The smallest absolute Gasteiger partial charge is 0.243 e. The summed E-state index contributed by atoms with van der Waals surface area (Å²) >= 11 is 1.45. The summed E-state index contributed by atoms with van der Waals surface area (Å²) in [7, 11) is 0. The summed E-state index contributed by atoms with van der Waals surface area (Å²) < 4.78 is 0. The molecule has 8 N–H and O–H groups in total. The Balaban J connectivity index is 1.42. The fraction of sp³-hybridized carbons (Fsp3) is 0.235. The number of carbonyl (C=O) groups excluding carboxylic acids is 4. The third kappa shape index (κ3) is 7.94. The minimum atomic E-state index is -1.09. The first-order valence-corrected chi connectivity index (χ1v) is 15.6. The molecule has 3 aromatic carbocycles. The van der Waals surface area contributed by atoms with Crippen LogP contribution in [0.5, 0.6) is 0 Å². The first-order chi connectivity index (χ1) is 21.7. The van der Waals surface area contributed by atoms with Crippen LogP contribution in [-0.4, -0.2) is 52.8 Å². The van der Waals surface area contributed by atoms with Crippen LogP contribution in [0.2, 0.25) is 0 Å². The number of aromatic amines is 1. The number of H-pyrrole nitrogens is 1. The molecule has 0 saturated carbocycles. The molecule has 0 aliphatic rings. The Morgan fingerprint density at radius 3 is 2.13 bits per heavy atom. The molecule has 0 bridgehead atoms. The largest absolute Gasteiger partial charge is 0.368 e. The van der Waals surface area contributed by atoms with Crippen molar-refractivity contribution in [3.63, 3.8) is 0 Å². The van der Waals surface area contributed by atoms with Gasteiger partial charge >= 0.3 is 0 Å². The number of hydrogen-bond acceptors (Lipinski definition) is 6. The van der Waals surface area contributed by atoms with Gasteiger partial charge in [0.2, 0.25) is 23.6 Å². The molecule has 0 spiro atoms. The van der Waals surface area contributed by atoms with Crippen LogP contribution in [0, 0.1) is 0 Å². The van der Waals surface area contributed by atoms with Gasteiger partial charge in [-0.05, 0) is 46.3 Å². The van der Waals surface area contributed by atoms with Crippen molar-refractivity contribution in [2.24, 2.45) is 11.5 Å². The molecule has 2 heterocycles. The van der Waals surface area contributed by atoms with E-state index in [4.69, 9.17) is 11.5 Å². The molecule has 2 aromatic heterocycles. The van der Waals surface area contributed by atoms with E-state index in [1.165, 1.54) is 18.3 Å². The van der Waals surface area contributed by atoms with Gasteiger partial charge in [0.15, 0.2) is 0 Å². The highest BCUT2D eigenvalue weighted by molar-refractivity contribution is 7.09. The summed E-state index contributed by atoms with van der Waals surface area (Å²) in [6.07, 6.45) is 2.30. The van der Waals surface area contributed by atoms with Crippen molar-refractivity contribution in [2.75, 3.05) is 0 Å². The van der Waals surface area contributed by atoms with Gasteiger partial charge in [-0.15, -0.1) is 11.3 Å². The zero-order valence-electron chi connectivity index (χ0n) is 24.8. The fourth-order valence-corrected chi connectivity index (χ4v) is 5.99. The molecule has 0 radical (unpaired) electrons. The Hall–Kier alpha value is -5.00. The van der Waals surface area contributed by atoms with E-state index < -0.39 is 47.8 Å². The van der Waals surface area contributed by atoms with E-state index in [2.05, 4.69) is 20.9 Å². The summed E-state index contributed by atoms with van der Waals surface area (Å²) in [5.74, 6) is -2.33. The van der Waals surface area contributed by atoms with E-state index >= 15 is 0 Å². The van der Waals surface area contributed by atoms with E-state index in [1.54, 1.807) is 6.20 Å². The van der Waals surface area contributed by atoms with Crippen LogP contribution in [0.25, 0.3) is 21.7 Å². The van der Waals surface area contributed by atoms with Crippen molar-refractivity contribution in [3.8, 4) is 0 Å². The number of para-hydroxylation sites is 1. The predicted molar refractivity (Wildman–Crippen MR) is 176 cm³/mol. The van der Waals surface area contributed by atoms with Crippen molar-refractivity contribution < 1.29 is 19.2 Å². The lowest BCUT2D eigenvalue weighted by atomic mass is 9.99. The Labute approximate surface area is 264 Å². The lowest BCUT2D eigenvalue weighted by Gasteiger charge is -2.25. The number of hydrogen-bond donors (Lipinski definition) is 6. The second-order valence-corrected chi connectivity index (χ2v) is 12.1. The first-order valence-electron chi connectivity index (χ1n) is 14.7. The minimum absolute atomic E-state index is 0.121. The van der Waals surface area contributed by atoms with E-state index in [-0.39, 0.29) is 19.3 Å². The number of nitrogens with one attached hydrogen (secondary N) is 4. The number of carbonyl (C=O) groups is 4. The van der Waals surface area contributed by atoms with Crippen molar-refractivity contribution in [1.82, 2.24) is 20.9 Å². The van der Waals surface area contributed by atoms with E-state index in [0.29, 0.717) is 0 Å². The quantitative estimate of drug-likeness (QED) is 0.118. The van der Waals surface area contributed by atoms with Crippen molar-refractivity contribution >= 4 is 56.6 Å². The SMILES string of the molecule is C[C@H](N)C(=O)N[C@H](Cc1ccc2ccccc2c1)C(=O)N[C@@H](Cc1c[nH]c2ccccc12)C(=O)N[C@@H](Cc1cccs1)C(N)=O. The third-order valence-electron chi connectivity index (χ3n) is 7.68. The topological polar surface area (TPSA) is 172 Å². The second kappa shape index (κ2) is 14.2. The molecule has 45 heavy (non-hydrogen) atoms. The molecule has 5 aromatic rings. The summed E-state index contributed by atoms with van der Waals surface area (Å²) in [6.45, 7) is 1.53. The molecule has 0 saturated heterocycles. The van der Waals surface area contributed by atoms with E-state index in [1.807, 2.05) is 84.2 Å². The van der Waals surface area contributed by atoms with Crippen molar-refractivity contribution in [2.45, 2.75) is 50.4 Å². The number of thiophene rings is 1. The number of benzene rings is 3. The standard InChI is InChI=1S/C34H36N6O4S/c1-20(35)32(42)39-29(16-21-12-13-22-7-2-3-8-23(22)15-21)33(43)40-30(17-24-19-37-27-11-5-4-10-26(24)27)34(44)38-28(31(36)41)18-25-9-6-14-45-25/h2-15,19-20,28-30,37H,16-18,35H2,1H3,(H2,36,41)(H,38,44)(H,39,42)(H,40,43)/t20-,28-,29+,30-/m0/s1. The molecule has 0 aliphatic heterocycles. The third-order valence-corrected chi connectivity index (χ3v) is 8.58. The maximum atomic E-state index is 13.9. The van der Waals surface area contributed by atoms with Gasteiger partial charge in [0.25, 0.3) is 0 Å². The number of aromatic nitrogens is 1. The number of amides is 4. The summed E-state index contributed by atoms with van der Waals surface area (Å²) in [5.41, 5.74) is 14.0. The first kappa shape index (κ1) is 31.4. The average molecular weight is 625 g/mol. The summed E-state index contributed by atoms with van der Waals surface area (Å²) in [4.78, 5) is 56.8. The lowest BCUT2D eigenvalue weighted by Crippen LogP contribution is -2.58. The van der Waals surface area contributed by atoms with Crippen molar-refractivity contribution in [3.05, 3.63) is 106 Å². The monoisotopic (exact) mass is 624 g/mol. The molecule has 4 atom stereocenters. The number of fused-ring (bicyclic) bond motifs is 2. The number of rotatable bonds is 13. The molecule has 11 heteroatoms. The molecule has 0 aliphatic carbocycles. The molecule has 232 valence electrons. The summed E-state index contributed by atoms with van der Waals surface area (Å²) in [5, 5.41) is 13.2. The normalized spacial score (nSPS) is 13.9. The van der Waals surface area contributed by atoms with Gasteiger partial charge in [-0.1, -0.05) is 66.7 Å². The molecule has 0 fully saturated rings. The van der Waals surface area contributed by atoms with Gasteiger partial charge in [-0.25, -0.2) is 0 Å². The predicted octanol–water partition coefficient (Wildman–Crippen LogP) is 2.70. The fourth-order valence-electron chi connectivity index (χ4n) is 5.24. The van der Waals surface area contributed by atoms with Gasteiger partial charge in [0, 0.05) is 41.2 Å². The molecule has 4 amide bonds. The molecular weight excluding hydrogens is 588 g/mol. The Kier molecular flexibility index (Phi) is 9.91. The molecule has 5 rings (SSSR count). The molecular formula is C34H36N6O4S. The highest BCUT2D eigenvalue weighted by Crippen LogP contribution is 2.20. The van der Waals surface area contributed by atoms with Crippen LogP contribution in [-0.2, 0) is 38.4 Å². The zero-order chi connectivity index (χ0) is 31.9. The van der Waals surface area contributed by atoms with Crippen LogP contribution in [0.15, 0.2) is 90.4 Å². The number of nitrogens with two attached hydrogens (primary N) is 2. The lowest BCUT2D eigenvalue weighted by molar-refractivity contribution is -0.133. The van der Waals surface area contributed by atoms with Crippen LogP contribution in [0.1, 0.15) is 22.9 Å². The van der Waals surface area contributed by atoms with Crippen LogP contribution >= 0.6 is 11.3 Å². The maximum absolute atomic E-state index is 13.9. The van der Waals surface area contributed by atoms with Crippen LogP contribution in [0.4, 0.5) is 0 Å². The van der Waals surface area contributed by atoms with Crippen LogP contribution < -0.4 is 27.4 Å². The minimum Gasteiger partial charge on any atom is -0.368 e. The zero-order valence-corrected chi connectivity index (χ0v) is 25.6. The Morgan fingerprint density at radius 2 is 1.42 bits per heavy atom. The summed E-state index contributed by atoms with van der Waals surface area (Å²) in [6, 6.07) is 21.1. The van der Waals surface area contributed by atoms with Gasteiger partial charge in [-0.3, -0.25) is 19.2 Å². The van der Waals surface area contributed by atoms with Gasteiger partial charge < -0.3 is 32.4 Å². The van der Waals surface area contributed by atoms with Gasteiger partial charge in [-0.2, -0.15) is 0 Å². The highest BCUT2D eigenvalue weighted by Gasteiger charge is 2.31. The number of primary amides is 1. The van der Waals surface area contributed by atoms with Gasteiger partial charge in [0.05, 0.1) is 6.04 Å². The van der Waals surface area contributed by atoms with Crippen molar-refractivity contribution in [1.29, 1.82) is 0 Å². The van der Waals surface area contributed by atoms with Gasteiger partial charge in [0.1, 0.15) is 18.1 Å². The molecule has 0 unspecified atom stereocenters. The highest BCUT2D eigenvalue weighted by atomic mass is 32.1. The van der Waals surface area contributed by atoms with E-state index in [9.17, 15) is 19.2 Å². The average Bonchev–Trinajstić information content (AvgIpc) is 3.70. The second-order valence-electron chi connectivity index (χ2n) is 11.1. The van der Waals surface area contributed by atoms with Crippen LogP contribution in [0.3, 0.4) is 0 Å².